The van der Waals surface area contributed by atoms with E-state index in [1.165, 1.54) is 0 Å². The zero-order valence-electron chi connectivity index (χ0n) is 11.5. The number of para-hydroxylation sites is 1. The van der Waals surface area contributed by atoms with E-state index in [0.717, 1.165) is 50.4 Å². The first-order chi connectivity index (χ1) is 9.18. The molecule has 1 aromatic carbocycles. The number of benzene rings is 1. The molecular weight excluding hydrogens is 238 g/mol. The Morgan fingerprint density at radius 1 is 1.26 bits per heavy atom. The maximum Gasteiger partial charge on any atom is 0.166 e. The molecule has 19 heavy (non-hydrogen) atoms. The van der Waals surface area contributed by atoms with Crippen molar-refractivity contribution in [1.29, 1.82) is 0 Å². The summed E-state index contributed by atoms with van der Waals surface area (Å²) in [6.45, 7) is 5.96. The number of hydrogen-bond acceptors (Lipinski definition) is 3. The van der Waals surface area contributed by atoms with Crippen molar-refractivity contribution in [2.45, 2.75) is 26.2 Å². The van der Waals surface area contributed by atoms with Crippen LogP contribution in [0.25, 0.3) is 0 Å². The molecule has 0 amide bonds. The molecule has 3 heteroatoms. The van der Waals surface area contributed by atoms with Gasteiger partial charge in [-0.05, 0) is 30.4 Å². The van der Waals surface area contributed by atoms with Crippen molar-refractivity contribution in [3.8, 4) is 0 Å². The number of fused-ring (bicyclic) bond motifs is 1. The molecule has 102 valence electrons. The van der Waals surface area contributed by atoms with Crippen molar-refractivity contribution < 1.29 is 9.53 Å². The molecule has 0 radical (unpaired) electrons. The summed E-state index contributed by atoms with van der Waals surface area (Å²) in [4.78, 5) is 14.3. The number of rotatable bonds is 2. The summed E-state index contributed by atoms with van der Waals surface area (Å²) >= 11 is 0. The molecule has 0 bridgehead atoms. The van der Waals surface area contributed by atoms with Gasteiger partial charge in [-0.15, -0.1) is 0 Å². The summed E-state index contributed by atoms with van der Waals surface area (Å²) in [5.41, 5.74) is 2.32. The summed E-state index contributed by atoms with van der Waals surface area (Å²) in [7, 11) is 0. The minimum Gasteiger partial charge on any atom is -0.381 e. The number of ether oxygens (including phenoxy) is 1. The van der Waals surface area contributed by atoms with Crippen LogP contribution >= 0.6 is 0 Å². The number of nitrogens with zero attached hydrogens (tertiary/aromatic N) is 1. The van der Waals surface area contributed by atoms with Crippen LogP contribution in [0.4, 0.5) is 5.69 Å². The van der Waals surface area contributed by atoms with Gasteiger partial charge in [0.15, 0.2) is 5.78 Å². The zero-order chi connectivity index (χ0) is 13.3. The molecule has 0 atom stereocenters. The Kier molecular flexibility index (Phi) is 3.31. The third kappa shape index (κ3) is 2.52. The fraction of sp³-hybridized carbons (Fsp3) is 0.562. The monoisotopic (exact) mass is 259 g/mol. The van der Waals surface area contributed by atoms with Crippen LogP contribution in [0.2, 0.25) is 0 Å². The number of ketones is 1. The molecule has 0 saturated carbocycles. The summed E-state index contributed by atoms with van der Waals surface area (Å²) in [5, 5.41) is 0. The lowest BCUT2D eigenvalue weighted by molar-refractivity contribution is 0.0270. The maximum atomic E-state index is 12.0. The molecular formula is C16H21NO2. The average molecular weight is 259 g/mol. The molecule has 0 spiro atoms. The van der Waals surface area contributed by atoms with Gasteiger partial charge in [0, 0.05) is 44.0 Å². The molecule has 3 rings (SSSR count). The SMILES string of the molecule is CC1(CN2CCC(=O)c3ccccc32)CCOCC1. The van der Waals surface area contributed by atoms with Crippen LogP contribution in [0.15, 0.2) is 24.3 Å². The molecule has 1 fully saturated rings. The summed E-state index contributed by atoms with van der Waals surface area (Å²) in [5.74, 6) is 0.281. The first-order valence-electron chi connectivity index (χ1n) is 7.13. The van der Waals surface area contributed by atoms with Crippen LogP contribution in [0.1, 0.15) is 36.5 Å². The summed E-state index contributed by atoms with van der Waals surface area (Å²) in [6, 6.07) is 8.01. The molecule has 0 unspecified atom stereocenters. The van der Waals surface area contributed by atoms with E-state index in [1.807, 2.05) is 18.2 Å². The molecule has 2 aliphatic heterocycles. The normalized spacial score (nSPS) is 22.2. The highest BCUT2D eigenvalue weighted by atomic mass is 16.5. The van der Waals surface area contributed by atoms with Gasteiger partial charge in [0.25, 0.3) is 0 Å². The van der Waals surface area contributed by atoms with Crippen molar-refractivity contribution >= 4 is 11.5 Å². The second-order valence-corrected chi connectivity index (χ2v) is 6.03. The first kappa shape index (κ1) is 12.7. The fourth-order valence-electron chi connectivity index (χ4n) is 3.12. The Hall–Kier alpha value is -1.35. The Morgan fingerprint density at radius 2 is 2.00 bits per heavy atom. The molecule has 0 aromatic heterocycles. The predicted molar refractivity (Wildman–Crippen MR) is 75.8 cm³/mol. The van der Waals surface area contributed by atoms with Gasteiger partial charge in [-0.2, -0.15) is 0 Å². The van der Waals surface area contributed by atoms with Crippen molar-refractivity contribution in [3.63, 3.8) is 0 Å². The minimum atomic E-state index is 0.281. The number of Topliss-reactive ketones (excluding diaryl/α,β-unsaturated/α-hetero) is 1. The average Bonchev–Trinajstić information content (AvgIpc) is 2.43. The fourth-order valence-corrected chi connectivity index (χ4v) is 3.12. The van der Waals surface area contributed by atoms with Crippen LogP contribution in [-0.4, -0.2) is 32.1 Å². The van der Waals surface area contributed by atoms with Crippen LogP contribution in [-0.2, 0) is 4.74 Å². The van der Waals surface area contributed by atoms with Crippen molar-refractivity contribution in [2.75, 3.05) is 31.2 Å². The van der Waals surface area contributed by atoms with Crippen LogP contribution in [0.3, 0.4) is 0 Å². The number of anilines is 1. The van der Waals surface area contributed by atoms with E-state index in [9.17, 15) is 4.79 Å². The lowest BCUT2D eigenvalue weighted by atomic mass is 9.81. The quantitative estimate of drug-likeness (QED) is 0.818. The topological polar surface area (TPSA) is 29.5 Å². The first-order valence-corrected chi connectivity index (χ1v) is 7.13. The van der Waals surface area contributed by atoms with Gasteiger partial charge in [-0.1, -0.05) is 19.1 Å². The van der Waals surface area contributed by atoms with E-state index in [2.05, 4.69) is 17.9 Å². The summed E-state index contributed by atoms with van der Waals surface area (Å²) < 4.78 is 5.47. The second-order valence-electron chi connectivity index (χ2n) is 6.03. The van der Waals surface area contributed by atoms with Gasteiger partial charge in [-0.25, -0.2) is 0 Å². The van der Waals surface area contributed by atoms with Gasteiger partial charge in [-0.3, -0.25) is 4.79 Å². The van der Waals surface area contributed by atoms with Gasteiger partial charge in [0.05, 0.1) is 0 Å². The number of carbonyl (C=O) groups is 1. The Balaban J connectivity index is 1.82. The second kappa shape index (κ2) is 4.97. The van der Waals surface area contributed by atoms with E-state index < -0.39 is 0 Å². The van der Waals surface area contributed by atoms with E-state index in [0.29, 0.717) is 11.8 Å². The third-order valence-electron chi connectivity index (χ3n) is 4.43. The van der Waals surface area contributed by atoms with Crippen molar-refractivity contribution in [1.82, 2.24) is 0 Å². The van der Waals surface area contributed by atoms with Gasteiger partial charge < -0.3 is 9.64 Å². The molecule has 2 heterocycles. The Morgan fingerprint density at radius 3 is 2.79 bits per heavy atom. The minimum absolute atomic E-state index is 0.281. The summed E-state index contributed by atoms with van der Waals surface area (Å²) in [6.07, 6.45) is 2.86. The molecule has 1 saturated heterocycles. The highest BCUT2D eigenvalue weighted by molar-refractivity contribution is 6.03. The van der Waals surface area contributed by atoms with Gasteiger partial charge >= 0.3 is 0 Å². The Bertz CT molecular complexity index is 477. The van der Waals surface area contributed by atoms with E-state index >= 15 is 0 Å². The van der Waals surface area contributed by atoms with E-state index in [4.69, 9.17) is 4.74 Å². The highest BCUT2D eigenvalue weighted by Crippen LogP contribution is 2.35. The Labute approximate surface area is 114 Å². The smallest absolute Gasteiger partial charge is 0.166 e. The standard InChI is InChI=1S/C16H21NO2/c1-16(7-10-19-11-8-16)12-17-9-6-15(18)13-4-2-3-5-14(13)17/h2-5H,6-12H2,1H3. The molecule has 2 aliphatic rings. The van der Waals surface area contributed by atoms with Crippen LogP contribution in [0.5, 0.6) is 0 Å². The third-order valence-corrected chi connectivity index (χ3v) is 4.43. The zero-order valence-corrected chi connectivity index (χ0v) is 11.5. The molecule has 3 nitrogen and oxygen atoms in total. The van der Waals surface area contributed by atoms with Gasteiger partial charge in [0.1, 0.15) is 0 Å². The van der Waals surface area contributed by atoms with Crippen molar-refractivity contribution in [2.24, 2.45) is 5.41 Å². The molecule has 0 N–H and O–H groups in total. The largest absolute Gasteiger partial charge is 0.381 e. The molecule has 0 aliphatic carbocycles. The van der Waals surface area contributed by atoms with Crippen molar-refractivity contribution in [3.05, 3.63) is 29.8 Å². The maximum absolute atomic E-state index is 12.0. The number of carbonyl (C=O) groups excluding carboxylic acids is 1. The van der Waals surface area contributed by atoms with Crippen LogP contribution in [0, 0.1) is 5.41 Å². The predicted octanol–water partition coefficient (Wildman–Crippen LogP) is 2.90. The van der Waals surface area contributed by atoms with E-state index in [-0.39, 0.29) is 5.78 Å². The molecule has 1 aromatic rings. The van der Waals surface area contributed by atoms with Crippen LogP contribution < -0.4 is 4.90 Å². The highest BCUT2D eigenvalue weighted by Gasteiger charge is 2.32. The number of hydrogen-bond donors (Lipinski definition) is 0. The van der Waals surface area contributed by atoms with E-state index in [1.54, 1.807) is 0 Å². The van der Waals surface area contributed by atoms with Gasteiger partial charge in [0.2, 0.25) is 0 Å². The lowest BCUT2D eigenvalue weighted by Gasteiger charge is -2.41. The lowest BCUT2D eigenvalue weighted by Crippen LogP contribution is -2.42.